The van der Waals surface area contributed by atoms with E-state index in [4.69, 9.17) is 0 Å². The summed E-state index contributed by atoms with van der Waals surface area (Å²) in [5, 5.41) is 0. The maximum Gasteiger partial charge on any atom is 0.306 e. The van der Waals surface area contributed by atoms with Gasteiger partial charge in [0.2, 0.25) is 0 Å². The van der Waals surface area contributed by atoms with E-state index in [9.17, 15) is 13.2 Å². The van der Waals surface area contributed by atoms with Gasteiger partial charge in [-0.1, -0.05) is 6.92 Å². The number of nitrogens with zero attached hydrogens (tertiary/aromatic N) is 3. The number of likely N-dealkylation sites (N-methyl/N-ethyl adjacent to an activating group) is 1. The summed E-state index contributed by atoms with van der Waals surface area (Å²) in [6, 6.07) is -0.0249. The molecule has 0 aromatic carbocycles. The van der Waals surface area contributed by atoms with Crippen LogP contribution in [0.25, 0.3) is 0 Å². The van der Waals surface area contributed by atoms with Gasteiger partial charge in [0.25, 0.3) is 10.2 Å². The normalized spacial score (nSPS) is 22.2. The molecule has 0 bridgehead atoms. The zero-order chi connectivity index (χ0) is 16.0. The molecule has 0 aliphatic carbocycles. The lowest BCUT2D eigenvalue weighted by atomic mass is 10.2. The standard InChI is InChI=1S/C13H27N3O4S/c1-5-12-11-14(2)8-6-9-16(12)21(18,19)15(3)10-7-13(17)20-4/h12H,5-11H2,1-4H3. The van der Waals surface area contributed by atoms with Crippen LogP contribution < -0.4 is 0 Å². The highest BCUT2D eigenvalue weighted by Crippen LogP contribution is 2.18. The first-order chi connectivity index (χ1) is 9.82. The van der Waals surface area contributed by atoms with Crippen LogP contribution in [-0.2, 0) is 19.7 Å². The molecule has 0 radical (unpaired) electrons. The molecule has 0 aromatic heterocycles. The van der Waals surface area contributed by atoms with Crippen LogP contribution in [0.5, 0.6) is 0 Å². The summed E-state index contributed by atoms with van der Waals surface area (Å²) in [4.78, 5) is 13.3. The molecule has 1 unspecified atom stereocenters. The van der Waals surface area contributed by atoms with Crippen molar-refractivity contribution in [2.24, 2.45) is 0 Å². The highest BCUT2D eigenvalue weighted by molar-refractivity contribution is 7.86. The third-order valence-electron chi connectivity index (χ3n) is 3.87. The fourth-order valence-electron chi connectivity index (χ4n) is 2.50. The number of rotatable bonds is 6. The summed E-state index contributed by atoms with van der Waals surface area (Å²) in [5.74, 6) is -0.403. The summed E-state index contributed by atoms with van der Waals surface area (Å²) in [6.07, 6.45) is 1.66. The summed E-state index contributed by atoms with van der Waals surface area (Å²) in [6.45, 7) is 4.29. The lowest BCUT2D eigenvalue weighted by Gasteiger charge is -2.32. The van der Waals surface area contributed by atoms with Gasteiger partial charge in [-0.15, -0.1) is 0 Å². The predicted octanol–water partition coefficient (Wildman–Crippen LogP) is 0.142. The number of carbonyl (C=O) groups excluding carboxylic acids is 1. The van der Waals surface area contributed by atoms with Crippen LogP contribution in [0, 0.1) is 0 Å². The van der Waals surface area contributed by atoms with E-state index in [2.05, 4.69) is 9.64 Å². The molecule has 1 atom stereocenters. The topological polar surface area (TPSA) is 70.2 Å². The summed E-state index contributed by atoms with van der Waals surface area (Å²) in [7, 11) is 1.29. The minimum absolute atomic E-state index is 0.0249. The molecule has 1 saturated heterocycles. The van der Waals surface area contributed by atoms with Crippen molar-refractivity contribution in [3.63, 3.8) is 0 Å². The van der Waals surface area contributed by atoms with Gasteiger partial charge in [-0.05, 0) is 26.4 Å². The smallest absolute Gasteiger partial charge is 0.306 e. The van der Waals surface area contributed by atoms with Gasteiger partial charge in [-0.3, -0.25) is 4.79 Å². The van der Waals surface area contributed by atoms with Crippen LogP contribution >= 0.6 is 0 Å². The van der Waals surface area contributed by atoms with Crippen LogP contribution in [-0.4, -0.2) is 81.3 Å². The quantitative estimate of drug-likeness (QED) is 0.651. The predicted molar refractivity (Wildman–Crippen MR) is 81.1 cm³/mol. The number of carbonyl (C=O) groups is 1. The van der Waals surface area contributed by atoms with Crippen LogP contribution in [0.1, 0.15) is 26.2 Å². The van der Waals surface area contributed by atoms with E-state index in [1.54, 1.807) is 4.31 Å². The van der Waals surface area contributed by atoms with Crippen molar-refractivity contribution in [1.82, 2.24) is 13.5 Å². The zero-order valence-corrected chi connectivity index (χ0v) is 14.2. The van der Waals surface area contributed by atoms with Gasteiger partial charge in [-0.25, -0.2) is 0 Å². The summed E-state index contributed by atoms with van der Waals surface area (Å²) < 4.78 is 32.8. The first-order valence-corrected chi connectivity index (χ1v) is 8.71. The molecule has 124 valence electrons. The molecule has 1 heterocycles. The molecular weight excluding hydrogens is 294 g/mol. The molecule has 1 aliphatic heterocycles. The van der Waals surface area contributed by atoms with Crippen molar-refractivity contribution in [1.29, 1.82) is 0 Å². The summed E-state index contributed by atoms with van der Waals surface area (Å²) in [5.41, 5.74) is 0. The van der Waals surface area contributed by atoms with Crippen molar-refractivity contribution in [2.75, 3.05) is 47.4 Å². The molecule has 1 fully saturated rings. The second-order valence-electron chi connectivity index (χ2n) is 5.44. The lowest BCUT2D eigenvalue weighted by molar-refractivity contribution is -0.140. The third kappa shape index (κ3) is 4.91. The van der Waals surface area contributed by atoms with Gasteiger partial charge < -0.3 is 9.64 Å². The summed E-state index contributed by atoms with van der Waals surface area (Å²) >= 11 is 0. The van der Waals surface area contributed by atoms with E-state index < -0.39 is 16.2 Å². The van der Waals surface area contributed by atoms with Gasteiger partial charge in [0.05, 0.1) is 13.5 Å². The van der Waals surface area contributed by atoms with Crippen molar-refractivity contribution in [3.8, 4) is 0 Å². The van der Waals surface area contributed by atoms with Crippen molar-refractivity contribution >= 4 is 16.2 Å². The minimum Gasteiger partial charge on any atom is -0.469 e. The molecular formula is C13H27N3O4S. The fourth-order valence-corrected chi connectivity index (χ4v) is 4.14. The molecule has 0 amide bonds. The maximum atomic E-state index is 12.7. The Morgan fingerprint density at radius 2 is 2.05 bits per heavy atom. The fraction of sp³-hybridized carbons (Fsp3) is 0.923. The number of hydrogen-bond acceptors (Lipinski definition) is 5. The molecule has 21 heavy (non-hydrogen) atoms. The van der Waals surface area contributed by atoms with Crippen molar-refractivity contribution in [3.05, 3.63) is 0 Å². The van der Waals surface area contributed by atoms with Gasteiger partial charge in [0.15, 0.2) is 0 Å². The molecule has 0 N–H and O–H groups in total. The van der Waals surface area contributed by atoms with Crippen LogP contribution in [0.3, 0.4) is 0 Å². The zero-order valence-electron chi connectivity index (χ0n) is 13.4. The second kappa shape index (κ2) is 8.07. The Morgan fingerprint density at radius 1 is 1.38 bits per heavy atom. The average Bonchev–Trinajstić information content (AvgIpc) is 2.65. The minimum atomic E-state index is -3.54. The Hall–Kier alpha value is -0.700. The van der Waals surface area contributed by atoms with E-state index in [0.29, 0.717) is 6.54 Å². The van der Waals surface area contributed by atoms with E-state index in [1.807, 2.05) is 14.0 Å². The highest BCUT2D eigenvalue weighted by atomic mass is 32.2. The first-order valence-electron chi connectivity index (χ1n) is 7.31. The Balaban J connectivity index is 2.80. The van der Waals surface area contributed by atoms with Crippen LogP contribution in [0.4, 0.5) is 0 Å². The van der Waals surface area contributed by atoms with Gasteiger partial charge in [0.1, 0.15) is 0 Å². The molecule has 7 nitrogen and oxygen atoms in total. The highest BCUT2D eigenvalue weighted by Gasteiger charge is 2.34. The molecule has 0 spiro atoms. The Bertz CT molecular complexity index is 441. The largest absolute Gasteiger partial charge is 0.469 e. The average molecular weight is 321 g/mol. The van der Waals surface area contributed by atoms with E-state index in [-0.39, 0.29) is 19.0 Å². The molecule has 0 aromatic rings. The van der Waals surface area contributed by atoms with Crippen molar-refractivity contribution < 1.29 is 17.9 Å². The molecule has 8 heteroatoms. The first kappa shape index (κ1) is 18.3. The SMILES string of the molecule is CCC1CN(C)CCCN1S(=O)(=O)N(C)CCC(=O)OC. The monoisotopic (exact) mass is 321 g/mol. The van der Waals surface area contributed by atoms with Gasteiger partial charge in [-0.2, -0.15) is 17.0 Å². The molecule has 1 aliphatic rings. The van der Waals surface area contributed by atoms with Gasteiger partial charge in [0, 0.05) is 32.7 Å². The van der Waals surface area contributed by atoms with E-state index in [0.717, 1.165) is 25.9 Å². The number of hydrogen-bond donors (Lipinski definition) is 0. The number of esters is 1. The van der Waals surface area contributed by atoms with Crippen molar-refractivity contribution in [2.45, 2.75) is 32.2 Å². The number of ether oxygens (including phenoxy) is 1. The third-order valence-corrected chi connectivity index (χ3v) is 5.91. The number of methoxy groups -OCH3 is 1. The van der Waals surface area contributed by atoms with Gasteiger partial charge >= 0.3 is 5.97 Å². The Kier molecular flexibility index (Phi) is 7.05. The molecule has 1 rings (SSSR count). The van der Waals surface area contributed by atoms with E-state index in [1.165, 1.54) is 18.5 Å². The molecule has 0 saturated carbocycles. The van der Waals surface area contributed by atoms with Crippen LogP contribution in [0.2, 0.25) is 0 Å². The second-order valence-corrected chi connectivity index (χ2v) is 7.43. The van der Waals surface area contributed by atoms with Crippen LogP contribution in [0.15, 0.2) is 0 Å². The van der Waals surface area contributed by atoms with E-state index >= 15 is 0 Å². The Morgan fingerprint density at radius 3 is 2.62 bits per heavy atom. The lowest BCUT2D eigenvalue weighted by Crippen LogP contribution is -2.49. The maximum absolute atomic E-state index is 12.7. The Labute approximate surface area is 128 Å².